The van der Waals surface area contributed by atoms with Crippen molar-refractivity contribution in [3.8, 4) is 0 Å². The van der Waals surface area contributed by atoms with Crippen molar-refractivity contribution in [2.75, 3.05) is 0 Å². The van der Waals surface area contributed by atoms with Crippen molar-refractivity contribution in [1.29, 1.82) is 0 Å². The summed E-state index contributed by atoms with van der Waals surface area (Å²) in [5, 5.41) is 6.35. The average molecular weight is 300 g/mol. The average Bonchev–Trinajstić information content (AvgIpc) is 3.08. The molecular weight excluding hydrogens is 276 g/mol. The van der Waals surface area contributed by atoms with Crippen molar-refractivity contribution < 1.29 is 9.53 Å². The molecular formula is C18H24N2O2. The van der Waals surface area contributed by atoms with Crippen LogP contribution in [-0.2, 0) is 4.74 Å². The highest BCUT2D eigenvalue weighted by Crippen LogP contribution is 2.38. The monoisotopic (exact) mass is 300 g/mol. The van der Waals surface area contributed by atoms with Gasteiger partial charge < -0.3 is 15.4 Å². The molecule has 2 amide bonds. The van der Waals surface area contributed by atoms with Gasteiger partial charge in [0.15, 0.2) is 0 Å². The number of benzene rings is 1. The number of nitrogens with one attached hydrogen (secondary N) is 2. The molecule has 3 fully saturated rings. The van der Waals surface area contributed by atoms with Crippen LogP contribution < -0.4 is 10.6 Å². The lowest BCUT2D eigenvalue weighted by atomic mass is 9.77. The zero-order valence-corrected chi connectivity index (χ0v) is 12.8. The van der Waals surface area contributed by atoms with Crippen LogP contribution in [0.2, 0.25) is 0 Å². The largest absolute Gasteiger partial charge is 0.373 e. The summed E-state index contributed by atoms with van der Waals surface area (Å²) in [6.07, 6.45) is 7.49. The van der Waals surface area contributed by atoms with E-state index < -0.39 is 0 Å². The van der Waals surface area contributed by atoms with Gasteiger partial charge in [-0.15, -0.1) is 0 Å². The second-order valence-electron chi connectivity index (χ2n) is 6.91. The standard InChI is InChI=1S/C18H24N2O2/c21-18(19-15-11-14-9-10-16(15)22-14)20-17(13-7-4-8-13)12-5-2-1-3-6-12/h1-3,5-6,13-17H,4,7-11H2,(H2,19,20,21)/t14-,15+,16-,17-/m1/s1. The molecule has 4 heteroatoms. The highest BCUT2D eigenvalue weighted by atomic mass is 16.5. The number of ether oxygens (including phenoxy) is 1. The third-order valence-corrected chi connectivity index (χ3v) is 5.49. The second-order valence-corrected chi connectivity index (χ2v) is 6.91. The van der Waals surface area contributed by atoms with Crippen molar-refractivity contribution in [2.24, 2.45) is 5.92 Å². The summed E-state index contributed by atoms with van der Waals surface area (Å²) in [6, 6.07) is 10.6. The predicted octanol–water partition coefficient (Wildman–Crippen LogP) is 3.15. The molecule has 1 saturated carbocycles. The summed E-state index contributed by atoms with van der Waals surface area (Å²) in [6.45, 7) is 0. The number of urea groups is 1. The fourth-order valence-corrected chi connectivity index (χ4v) is 4.05. The van der Waals surface area contributed by atoms with Crippen molar-refractivity contribution in [1.82, 2.24) is 10.6 Å². The van der Waals surface area contributed by atoms with E-state index in [2.05, 4.69) is 22.8 Å². The summed E-state index contributed by atoms with van der Waals surface area (Å²) >= 11 is 0. The topological polar surface area (TPSA) is 50.4 Å². The maximum absolute atomic E-state index is 12.4. The van der Waals surface area contributed by atoms with E-state index in [-0.39, 0.29) is 24.2 Å². The van der Waals surface area contributed by atoms with E-state index in [4.69, 9.17) is 4.74 Å². The maximum Gasteiger partial charge on any atom is 0.315 e. The van der Waals surface area contributed by atoms with E-state index in [0.29, 0.717) is 12.0 Å². The smallest absolute Gasteiger partial charge is 0.315 e. The van der Waals surface area contributed by atoms with Gasteiger partial charge in [-0.1, -0.05) is 36.8 Å². The summed E-state index contributed by atoms with van der Waals surface area (Å²) in [5.74, 6) is 0.574. The zero-order valence-electron chi connectivity index (χ0n) is 12.8. The Balaban J connectivity index is 1.39. The predicted molar refractivity (Wildman–Crippen MR) is 84.5 cm³/mol. The first-order valence-electron chi connectivity index (χ1n) is 8.57. The summed E-state index contributed by atoms with van der Waals surface area (Å²) in [5.41, 5.74) is 1.21. The Morgan fingerprint density at radius 2 is 1.95 bits per heavy atom. The van der Waals surface area contributed by atoms with Crippen molar-refractivity contribution >= 4 is 6.03 Å². The molecule has 0 radical (unpaired) electrons. The number of fused-ring (bicyclic) bond motifs is 2. The number of hydrogen-bond acceptors (Lipinski definition) is 2. The molecule has 22 heavy (non-hydrogen) atoms. The minimum atomic E-state index is -0.0399. The molecule has 2 saturated heterocycles. The Bertz CT molecular complexity index is 529. The van der Waals surface area contributed by atoms with Gasteiger partial charge in [0.1, 0.15) is 0 Å². The van der Waals surface area contributed by atoms with Crippen LogP contribution in [0.3, 0.4) is 0 Å². The highest BCUT2D eigenvalue weighted by molar-refractivity contribution is 5.75. The van der Waals surface area contributed by atoms with E-state index in [1.165, 1.54) is 24.8 Å². The van der Waals surface area contributed by atoms with Crippen molar-refractivity contribution in [3.63, 3.8) is 0 Å². The lowest BCUT2D eigenvalue weighted by molar-refractivity contribution is 0.0978. The second kappa shape index (κ2) is 5.92. The number of carbonyl (C=O) groups is 1. The van der Waals surface area contributed by atoms with Crippen LogP contribution in [0.4, 0.5) is 4.79 Å². The van der Waals surface area contributed by atoms with E-state index in [9.17, 15) is 4.79 Å². The molecule has 4 rings (SSSR count). The minimum Gasteiger partial charge on any atom is -0.373 e. The van der Waals surface area contributed by atoms with Gasteiger partial charge >= 0.3 is 6.03 Å². The normalized spacial score (nSPS) is 31.5. The van der Waals surface area contributed by atoms with Gasteiger partial charge in [-0.2, -0.15) is 0 Å². The van der Waals surface area contributed by atoms with Gasteiger partial charge in [-0.25, -0.2) is 4.79 Å². The third-order valence-electron chi connectivity index (χ3n) is 5.49. The van der Waals surface area contributed by atoms with Crippen LogP contribution >= 0.6 is 0 Å². The third kappa shape index (κ3) is 2.72. The quantitative estimate of drug-likeness (QED) is 0.897. The van der Waals surface area contributed by atoms with Gasteiger partial charge in [0.25, 0.3) is 0 Å². The molecule has 4 atom stereocenters. The molecule has 3 aliphatic rings. The van der Waals surface area contributed by atoms with Crippen LogP contribution in [0.25, 0.3) is 0 Å². The molecule has 0 spiro atoms. The summed E-state index contributed by atoms with van der Waals surface area (Å²) in [4.78, 5) is 12.4. The molecule has 2 N–H and O–H groups in total. The van der Waals surface area contributed by atoms with Crippen LogP contribution in [-0.4, -0.2) is 24.3 Å². The zero-order chi connectivity index (χ0) is 14.9. The van der Waals surface area contributed by atoms with Gasteiger partial charge in [-0.3, -0.25) is 0 Å². The number of hydrogen-bond donors (Lipinski definition) is 2. The van der Waals surface area contributed by atoms with Gasteiger partial charge in [0.05, 0.1) is 24.3 Å². The number of rotatable bonds is 4. The summed E-state index contributed by atoms with van der Waals surface area (Å²) < 4.78 is 5.81. The number of amides is 2. The van der Waals surface area contributed by atoms with Crippen LogP contribution in [0.5, 0.6) is 0 Å². The molecule has 0 unspecified atom stereocenters. The fraction of sp³-hybridized carbons (Fsp3) is 0.611. The first-order valence-corrected chi connectivity index (χ1v) is 8.57. The molecule has 0 aromatic heterocycles. The molecule has 1 aromatic rings. The fourth-order valence-electron chi connectivity index (χ4n) is 4.05. The molecule has 1 aromatic carbocycles. The highest BCUT2D eigenvalue weighted by Gasteiger charge is 2.41. The molecule has 2 bridgehead atoms. The first kappa shape index (κ1) is 14.1. The Morgan fingerprint density at radius 3 is 2.55 bits per heavy atom. The Labute approximate surface area is 131 Å². The van der Waals surface area contributed by atoms with Crippen LogP contribution in [0.15, 0.2) is 30.3 Å². The molecule has 118 valence electrons. The molecule has 2 aliphatic heterocycles. The van der Waals surface area contributed by atoms with Gasteiger partial charge in [0.2, 0.25) is 0 Å². The Kier molecular flexibility index (Phi) is 3.78. The van der Waals surface area contributed by atoms with Crippen molar-refractivity contribution in [3.05, 3.63) is 35.9 Å². The lowest BCUT2D eigenvalue weighted by Gasteiger charge is -2.35. The SMILES string of the molecule is O=C(N[C@H](c1ccccc1)C1CCC1)N[C@H]1C[C@H]2CC[C@H]1O2. The number of carbonyl (C=O) groups excluding carboxylic acids is 1. The van der Waals surface area contributed by atoms with E-state index in [1.807, 2.05) is 18.2 Å². The Hall–Kier alpha value is -1.55. The summed E-state index contributed by atoms with van der Waals surface area (Å²) in [7, 11) is 0. The lowest BCUT2D eigenvalue weighted by Crippen LogP contribution is -2.48. The molecule has 1 aliphatic carbocycles. The van der Waals surface area contributed by atoms with Crippen LogP contribution in [0, 0.1) is 5.92 Å². The minimum absolute atomic E-state index is 0.0399. The Morgan fingerprint density at radius 1 is 1.14 bits per heavy atom. The van der Waals surface area contributed by atoms with Gasteiger partial charge in [0, 0.05) is 0 Å². The van der Waals surface area contributed by atoms with E-state index in [0.717, 1.165) is 19.3 Å². The molecule has 2 heterocycles. The van der Waals surface area contributed by atoms with Gasteiger partial charge in [-0.05, 0) is 43.6 Å². The maximum atomic E-state index is 12.4. The van der Waals surface area contributed by atoms with E-state index >= 15 is 0 Å². The molecule has 4 nitrogen and oxygen atoms in total. The first-order chi connectivity index (χ1) is 10.8. The van der Waals surface area contributed by atoms with E-state index in [1.54, 1.807) is 0 Å². The van der Waals surface area contributed by atoms with Crippen molar-refractivity contribution in [2.45, 2.75) is 62.8 Å². The van der Waals surface area contributed by atoms with Crippen LogP contribution in [0.1, 0.15) is 50.1 Å².